The molecule has 6 nitrogen and oxygen atoms in total. The molecule has 31 heavy (non-hydrogen) atoms. The number of hydrogen-bond donors (Lipinski definition) is 2. The van der Waals surface area contributed by atoms with Gasteiger partial charge in [0.25, 0.3) is 5.91 Å². The molecule has 12 heteroatoms. The molecule has 0 radical (unpaired) electrons. The van der Waals surface area contributed by atoms with E-state index in [9.17, 15) is 35.2 Å². The summed E-state index contributed by atoms with van der Waals surface area (Å²) in [6.07, 6.45) is -2.70. The number of hydrogen-bond acceptors (Lipinski definition) is 5. The molecular formula is C19H18F5N3O3S. The van der Waals surface area contributed by atoms with Crippen LogP contribution in [0.2, 0.25) is 0 Å². The van der Waals surface area contributed by atoms with Crippen LogP contribution >= 0.6 is 0 Å². The van der Waals surface area contributed by atoms with Crippen LogP contribution in [-0.4, -0.2) is 31.6 Å². The summed E-state index contributed by atoms with van der Waals surface area (Å²) < 4.78 is 89.1. The molecule has 0 saturated carbocycles. The Kier molecular flexibility index (Phi) is 7.37. The molecule has 0 unspecified atom stereocenters. The Balaban J connectivity index is 2.33. The van der Waals surface area contributed by atoms with Crippen LogP contribution in [0.4, 0.5) is 27.8 Å². The average molecular weight is 463 g/mol. The second-order valence-corrected chi connectivity index (χ2v) is 8.50. The predicted octanol–water partition coefficient (Wildman–Crippen LogP) is 3.67. The first-order chi connectivity index (χ1) is 14.3. The third-order valence-electron chi connectivity index (χ3n) is 3.90. The highest BCUT2D eigenvalue weighted by molar-refractivity contribution is 7.93. The van der Waals surface area contributed by atoms with E-state index in [1.807, 2.05) is 0 Å². The predicted molar refractivity (Wildman–Crippen MR) is 104 cm³/mol. The van der Waals surface area contributed by atoms with Crippen molar-refractivity contribution in [2.45, 2.75) is 25.7 Å². The van der Waals surface area contributed by atoms with E-state index < -0.39 is 63.2 Å². The number of benzene rings is 1. The maximum atomic E-state index is 13.8. The van der Waals surface area contributed by atoms with Crippen LogP contribution in [0.1, 0.15) is 28.5 Å². The van der Waals surface area contributed by atoms with Crippen LogP contribution in [0.3, 0.4) is 0 Å². The fourth-order valence-corrected chi connectivity index (χ4v) is 2.92. The second kappa shape index (κ2) is 9.41. The molecule has 0 saturated heterocycles. The lowest BCUT2D eigenvalue weighted by Crippen LogP contribution is -2.32. The molecule has 2 N–H and O–H groups in total. The molecule has 1 aromatic carbocycles. The van der Waals surface area contributed by atoms with Gasteiger partial charge in [-0.1, -0.05) is 12.1 Å². The van der Waals surface area contributed by atoms with Gasteiger partial charge in [0.05, 0.1) is 5.56 Å². The van der Waals surface area contributed by atoms with Gasteiger partial charge in [0.15, 0.2) is 9.84 Å². The molecule has 1 aromatic heterocycles. The first-order valence-corrected chi connectivity index (χ1v) is 10.7. The van der Waals surface area contributed by atoms with E-state index in [1.165, 1.54) is 13.0 Å². The summed E-state index contributed by atoms with van der Waals surface area (Å²) in [6, 6.07) is 3.73. The Morgan fingerprint density at radius 1 is 1.16 bits per heavy atom. The normalized spacial score (nSPS) is 13.3. The highest BCUT2D eigenvalue weighted by atomic mass is 32.2. The van der Waals surface area contributed by atoms with Crippen molar-refractivity contribution in [3.8, 4) is 0 Å². The van der Waals surface area contributed by atoms with Crippen LogP contribution in [-0.2, 0) is 22.6 Å². The van der Waals surface area contributed by atoms with Gasteiger partial charge in [-0.25, -0.2) is 22.2 Å². The number of sulfone groups is 1. The Labute approximate surface area is 175 Å². The Bertz CT molecular complexity index is 1080. The Morgan fingerprint density at radius 2 is 1.77 bits per heavy atom. The van der Waals surface area contributed by atoms with Gasteiger partial charge < -0.3 is 10.6 Å². The number of rotatable bonds is 7. The van der Waals surface area contributed by atoms with Crippen molar-refractivity contribution in [2.24, 2.45) is 0 Å². The maximum Gasteiger partial charge on any atom is 0.433 e. The van der Waals surface area contributed by atoms with Crippen molar-refractivity contribution < 1.29 is 35.2 Å². The van der Waals surface area contributed by atoms with Crippen molar-refractivity contribution >= 4 is 21.6 Å². The number of carbonyl (C=O) groups is 1. The molecule has 2 rings (SSSR count). The minimum atomic E-state index is -4.82. The van der Waals surface area contributed by atoms with E-state index >= 15 is 0 Å². The molecule has 0 aliphatic carbocycles. The van der Waals surface area contributed by atoms with Crippen LogP contribution in [0.15, 0.2) is 41.8 Å². The zero-order valence-electron chi connectivity index (χ0n) is 16.3. The number of aromatic nitrogens is 1. The largest absolute Gasteiger partial charge is 0.433 e. The molecular weight excluding hydrogens is 445 g/mol. The van der Waals surface area contributed by atoms with Crippen molar-refractivity contribution in [1.29, 1.82) is 0 Å². The Hall–Kier alpha value is -3.02. The number of amides is 1. The number of nitrogens with one attached hydrogen (secondary N) is 2. The first kappa shape index (κ1) is 24.3. The summed E-state index contributed by atoms with van der Waals surface area (Å²) in [4.78, 5) is 15.9. The van der Waals surface area contributed by atoms with Gasteiger partial charge in [-0.05, 0) is 31.2 Å². The van der Waals surface area contributed by atoms with Gasteiger partial charge in [-0.15, -0.1) is 0 Å². The lowest BCUT2D eigenvalue weighted by Gasteiger charge is -2.16. The number of anilines is 1. The monoisotopic (exact) mass is 463 g/mol. The minimum absolute atomic E-state index is 0.329. The second-order valence-electron chi connectivity index (χ2n) is 6.56. The SMILES string of the molecule is C[C@@H](/C=C/S(C)(=O)=O)NC(=O)c1ccc(C(F)(F)F)nc1NCc1c(F)cccc1F. The Morgan fingerprint density at radius 3 is 2.32 bits per heavy atom. The van der Waals surface area contributed by atoms with E-state index in [0.717, 1.165) is 35.9 Å². The molecule has 0 bridgehead atoms. The van der Waals surface area contributed by atoms with Gasteiger partial charge in [-0.2, -0.15) is 13.2 Å². The molecule has 1 amide bonds. The number of pyridine rings is 1. The highest BCUT2D eigenvalue weighted by Gasteiger charge is 2.33. The van der Waals surface area contributed by atoms with Crippen molar-refractivity contribution in [1.82, 2.24) is 10.3 Å². The lowest BCUT2D eigenvalue weighted by atomic mass is 10.1. The number of alkyl halides is 3. The van der Waals surface area contributed by atoms with Crippen molar-refractivity contribution in [2.75, 3.05) is 11.6 Å². The average Bonchev–Trinajstić information content (AvgIpc) is 2.64. The minimum Gasteiger partial charge on any atom is -0.365 e. The van der Waals surface area contributed by atoms with Gasteiger partial charge >= 0.3 is 6.18 Å². The molecule has 1 atom stereocenters. The van der Waals surface area contributed by atoms with Gasteiger partial charge in [-0.3, -0.25) is 4.79 Å². The topological polar surface area (TPSA) is 88.2 Å². The zero-order valence-corrected chi connectivity index (χ0v) is 17.1. The smallest absolute Gasteiger partial charge is 0.365 e. The van der Waals surface area contributed by atoms with Gasteiger partial charge in [0, 0.05) is 29.8 Å². The van der Waals surface area contributed by atoms with Gasteiger partial charge in [0.2, 0.25) is 0 Å². The van der Waals surface area contributed by atoms with E-state index in [-0.39, 0.29) is 5.56 Å². The molecule has 168 valence electrons. The summed E-state index contributed by atoms with van der Waals surface area (Å²) >= 11 is 0. The standard InChI is InChI=1S/C19H18F5N3O3S/c1-11(8-9-31(2,29)30)26-18(28)12-6-7-16(19(22,23)24)27-17(12)25-10-13-14(20)4-3-5-15(13)21/h3-9,11H,10H2,1-2H3,(H,25,27)(H,26,28)/b9-8+/t11-/m0/s1. The molecule has 0 aliphatic heterocycles. The third-order valence-corrected chi connectivity index (χ3v) is 4.55. The summed E-state index contributed by atoms with van der Waals surface area (Å²) in [7, 11) is -3.45. The summed E-state index contributed by atoms with van der Waals surface area (Å²) in [5.41, 5.74) is -2.09. The van der Waals surface area contributed by atoms with Crippen LogP contribution in [0, 0.1) is 11.6 Å². The van der Waals surface area contributed by atoms with Crippen LogP contribution in [0.5, 0.6) is 0 Å². The fraction of sp³-hybridized carbons (Fsp3) is 0.263. The van der Waals surface area contributed by atoms with Crippen LogP contribution in [0.25, 0.3) is 0 Å². The number of halogens is 5. The number of nitrogens with zero attached hydrogens (tertiary/aromatic N) is 1. The molecule has 2 aromatic rings. The van der Waals surface area contributed by atoms with Crippen molar-refractivity contribution in [3.63, 3.8) is 0 Å². The number of carbonyl (C=O) groups excluding carboxylic acids is 1. The lowest BCUT2D eigenvalue weighted by molar-refractivity contribution is -0.141. The molecule has 1 heterocycles. The van der Waals surface area contributed by atoms with E-state index in [0.29, 0.717) is 6.07 Å². The van der Waals surface area contributed by atoms with E-state index in [2.05, 4.69) is 15.6 Å². The van der Waals surface area contributed by atoms with Crippen molar-refractivity contribution in [3.05, 3.63) is 70.3 Å². The molecule has 0 aliphatic rings. The van der Waals surface area contributed by atoms with E-state index in [1.54, 1.807) is 0 Å². The maximum absolute atomic E-state index is 13.8. The quantitative estimate of drug-likeness (QED) is 0.612. The highest BCUT2D eigenvalue weighted by Crippen LogP contribution is 2.30. The van der Waals surface area contributed by atoms with E-state index in [4.69, 9.17) is 0 Å². The zero-order chi connectivity index (χ0) is 23.4. The summed E-state index contributed by atoms with van der Waals surface area (Å²) in [5.74, 6) is -3.27. The fourth-order valence-electron chi connectivity index (χ4n) is 2.40. The summed E-state index contributed by atoms with van der Waals surface area (Å²) in [5, 5.41) is 5.62. The van der Waals surface area contributed by atoms with Gasteiger partial charge in [0.1, 0.15) is 23.1 Å². The third kappa shape index (κ3) is 7.02. The first-order valence-electron chi connectivity index (χ1n) is 8.72. The van der Waals surface area contributed by atoms with Crippen LogP contribution < -0.4 is 10.6 Å². The molecule has 0 fully saturated rings. The summed E-state index contributed by atoms with van der Waals surface area (Å²) in [6.45, 7) is 0.871. The molecule has 0 spiro atoms.